The number of likely N-dealkylation sites (tertiary alicyclic amines) is 1. The molecule has 0 saturated carbocycles. The summed E-state index contributed by atoms with van der Waals surface area (Å²) in [5, 5.41) is 0. The first-order chi connectivity index (χ1) is 10.1. The molecule has 2 heterocycles. The van der Waals surface area contributed by atoms with Crippen LogP contribution in [0.25, 0.3) is 0 Å². The molecule has 3 rings (SSSR count). The van der Waals surface area contributed by atoms with Gasteiger partial charge >= 0.3 is 0 Å². The van der Waals surface area contributed by atoms with E-state index in [0.717, 1.165) is 29.8 Å². The Kier molecular flexibility index (Phi) is 3.81. The highest BCUT2D eigenvalue weighted by Crippen LogP contribution is 2.33. The van der Waals surface area contributed by atoms with Crippen molar-refractivity contribution >= 4 is 17.4 Å². The lowest BCUT2D eigenvalue weighted by Crippen LogP contribution is -2.33. The molecular weight excluding hydrogens is 264 g/mol. The second-order valence-corrected chi connectivity index (χ2v) is 6.17. The van der Waals surface area contributed by atoms with Crippen LogP contribution < -0.4 is 4.90 Å². The van der Waals surface area contributed by atoms with Gasteiger partial charge in [-0.2, -0.15) is 0 Å². The fourth-order valence-electron chi connectivity index (χ4n) is 3.50. The average Bonchev–Trinajstić information content (AvgIpc) is 3.02. The van der Waals surface area contributed by atoms with Crippen molar-refractivity contribution in [1.29, 1.82) is 0 Å². The van der Waals surface area contributed by atoms with E-state index < -0.39 is 0 Å². The predicted molar refractivity (Wildman–Crippen MR) is 82.9 cm³/mol. The predicted octanol–water partition coefficient (Wildman–Crippen LogP) is 2.32. The van der Waals surface area contributed by atoms with Gasteiger partial charge < -0.3 is 9.80 Å². The standard InChI is InChI=1S/C17H22N2O2/c1-12-10-13(2)15-14(11-12)16(20)17(21)19(15)9-5-8-18-6-3-4-7-18/h10-11H,3-9H2,1-2H3. The van der Waals surface area contributed by atoms with Crippen LogP contribution in [0.3, 0.4) is 0 Å². The summed E-state index contributed by atoms with van der Waals surface area (Å²) in [5.41, 5.74) is 3.47. The maximum absolute atomic E-state index is 12.2. The topological polar surface area (TPSA) is 40.6 Å². The number of amides is 1. The van der Waals surface area contributed by atoms with Crippen LogP contribution in [-0.4, -0.2) is 42.8 Å². The minimum absolute atomic E-state index is 0.349. The number of anilines is 1. The Morgan fingerprint density at radius 3 is 2.48 bits per heavy atom. The van der Waals surface area contributed by atoms with Crippen LogP contribution in [0.4, 0.5) is 5.69 Å². The SMILES string of the molecule is Cc1cc(C)c2c(c1)C(=O)C(=O)N2CCCN1CCCC1. The van der Waals surface area contributed by atoms with Gasteiger partial charge in [0.25, 0.3) is 11.7 Å². The van der Waals surface area contributed by atoms with Crippen molar-refractivity contribution < 1.29 is 9.59 Å². The van der Waals surface area contributed by atoms with Crippen LogP contribution in [0.5, 0.6) is 0 Å². The molecule has 0 bridgehead atoms. The van der Waals surface area contributed by atoms with E-state index in [0.29, 0.717) is 12.1 Å². The van der Waals surface area contributed by atoms with Crippen LogP contribution in [-0.2, 0) is 4.79 Å². The molecule has 1 fully saturated rings. The number of aryl methyl sites for hydroxylation is 2. The van der Waals surface area contributed by atoms with Gasteiger partial charge in [-0.3, -0.25) is 9.59 Å². The van der Waals surface area contributed by atoms with Gasteiger partial charge in [-0.1, -0.05) is 6.07 Å². The van der Waals surface area contributed by atoms with E-state index in [-0.39, 0.29) is 11.7 Å². The van der Waals surface area contributed by atoms with Gasteiger partial charge in [-0.15, -0.1) is 0 Å². The zero-order valence-electron chi connectivity index (χ0n) is 12.8. The van der Waals surface area contributed by atoms with E-state index in [4.69, 9.17) is 0 Å². The van der Waals surface area contributed by atoms with Crippen molar-refractivity contribution in [1.82, 2.24) is 4.90 Å². The summed E-state index contributed by atoms with van der Waals surface area (Å²) in [6.45, 7) is 7.92. The molecule has 4 nitrogen and oxygen atoms in total. The van der Waals surface area contributed by atoms with E-state index in [2.05, 4.69) is 4.90 Å². The summed E-state index contributed by atoms with van der Waals surface area (Å²) in [4.78, 5) is 28.5. The molecule has 1 saturated heterocycles. The summed E-state index contributed by atoms with van der Waals surface area (Å²) in [6, 6.07) is 3.88. The summed E-state index contributed by atoms with van der Waals surface area (Å²) < 4.78 is 0. The lowest BCUT2D eigenvalue weighted by Gasteiger charge is -2.21. The molecule has 0 aromatic heterocycles. The first-order valence-corrected chi connectivity index (χ1v) is 7.78. The number of rotatable bonds is 4. The van der Waals surface area contributed by atoms with Crippen LogP contribution in [0.1, 0.15) is 40.7 Å². The van der Waals surface area contributed by atoms with Gasteiger partial charge in [0.1, 0.15) is 0 Å². The highest BCUT2D eigenvalue weighted by molar-refractivity contribution is 6.52. The number of Topliss-reactive ketones (excluding diaryl/α,β-unsaturated/α-hetero) is 1. The molecule has 1 amide bonds. The van der Waals surface area contributed by atoms with E-state index in [1.54, 1.807) is 4.90 Å². The molecule has 2 aliphatic heterocycles. The maximum Gasteiger partial charge on any atom is 0.299 e. The Morgan fingerprint density at radius 2 is 1.76 bits per heavy atom. The zero-order valence-corrected chi connectivity index (χ0v) is 12.8. The molecule has 2 aliphatic rings. The van der Waals surface area contributed by atoms with E-state index in [9.17, 15) is 9.59 Å². The Hall–Kier alpha value is -1.68. The van der Waals surface area contributed by atoms with Gasteiger partial charge in [0.15, 0.2) is 0 Å². The first kappa shape index (κ1) is 14.3. The number of carbonyl (C=O) groups excluding carboxylic acids is 2. The molecule has 0 atom stereocenters. The minimum Gasteiger partial charge on any atom is -0.304 e. The summed E-state index contributed by atoms with van der Waals surface area (Å²) in [6.07, 6.45) is 3.48. The molecule has 112 valence electrons. The molecule has 0 aliphatic carbocycles. The molecule has 0 radical (unpaired) electrons. The minimum atomic E-state index is -0.361. The van der Waals surface area contributed by atoms with Gasteiger partial charge in [-0.25, -0.2) is 0 Å². The van der Waals surface area contributed by atoms with Gasteiger partial charge in [0, 0.05) is 6.54 Å². The molecular formula is C17H22N2O2. The van der Waals surface area contributed by atoms with Gasteiger partial charge in [0.2, 0.25) is 0 Å². The van der Waals surface area contributed by atoms with Crippen LogP contribution in [0.15, 0.2) is 12.1 Å². The number of nitrogens with zero attached hydrogens (tertiary/aromatic N) is 2. The van der Waals surface area contributed by atoms with Gasteiger partial charge in [0.05, 0.1) is 11.3 Å². The first-order valence-electron chi connectivity index (χ1n) is 7.78. The maximum atomic E-state index is 12.2. The number of carbonyl (C=O) groups is 2. The third-order valence-corrected chi connectivity index (χ3v) is 4.45. The molecule has 21 heavy (non-hydrogen) atoms. The van der Waals surface area contributed by atoms with Crippen molar-refractivity contribution in [3.8, 4) is 0 Å². The fourth-order valence-corrected chi connectivity index (χ4v) is 3.50. The third-order valence-electron chi connectivity index (χ3n) is 4.45. The Labute approximate surface area is 125 Å². The average molecular weight is 286 g/mol. The zero-order chi connectivity index (χ0) is 15.0. The summed E-state index contributed by atoms with van der Waals surface area (Å²) >= 11 is 0. The lowest BCUT2D eigenvalue weighted by atomic mass is 10.0. The van der Waals surface area contributed by atoms with Crippen LogP contribution in [0, 0.1) is 13.8 Å². The van der Waals surface area contributed by atoms with Crippen molar-refractivity contribution in [2.75, 3.05) is 31.1 Å². The van der Waals surface area contributed by atoms with Crippen molar-refractivity contribution in [2.24, 2.45) is 0 Å². The Morgan fingerprint density at radius 1 is 1.05 bits per heavy atom. The number of benzene rings is 1. The van der Waals surface area contributed by atoms with E-state index >= 15 is 0 Å². The molecule has 0 unspecified atom stereocenters. The second-order valence-electron chi connectivity index (χ2n) is 6.17. The quantitative estimate of drug-likeness (QED) is 0.798. The van der Waals surface area contributed by atoms with Crippen LogP contribution >= 0.6 is 0 Å². The highest BCUT2D eigenvalue weighted by atomic mass is 16.2. The largest absolute Gasteiger partial charge is 0.304 e. The van der Waals surface area contributed by atoms with E-state index in [1.165, 1.54) is 25.9 Å². The summed E-state index contributed by atoms with van der Waals surface area (Å²) in [5.74, 6) is -0.710. The lowest BCUT2D eigenvalue weighted by molar-refractivity contribution is -0.114. The number of hydrogen-bond donors (Lipinski definition) is 0. The van der Waals surface area contributed by atoms with Crippen molar-refractivity contribution in [3.63, 3.8) is 0 Å². The molecule has 1 aromatic carbocycles. The number of fused-ring (bicyclic) bond motifs is 1. The second kappa shape index (κ2) is 5.60. The Bertz CT molecular complexity index is 589. The normalized spacial score (nSPS) is 18.7. The van der Waals surface area contributed by atoms with E-state index in [1.807, 2.05) is 26.0 Å². The van der Waals surface area contributed by atoms with Crippen molar-refractivity contribution in [2.45, 2.75) is 33.1 Å². The van der Waals surface area contributed by atoms with Crippen molar-refractivity contribution in [3.05, 3.63) is 28.8 Å². The Balaban J connectivity index is 1.74. The third kappa shape index (κ3) is 2.60. The molecule has 0 N–H and O–H groups in total. The van der Waals surface area contributed by atoms with Gasteiger partial charge in [-0.05, 0) is 69.9 Å². The number of ketones is 1. The monoisotopic (exact) mass is 286 g/mol. The summed E-state index contributed by atoms with van der Waals surface area (Å²) in [7, 11) is 0. The fraction of sp³-hybridized carbons (Fsp3) is 0.529. The van der Waals surface area contributed by atoms with Crippen LogP contribution in [0.2, 0.25) is 0 Å². The highest BCUT2D eigenvalue weighted by Gasteiger charge is 2.36. The molecule has 0 spiro atoms. The molecule has 4 heteroatoms. The molecule has 1 aromatic rings. The smallest absolute Gasteiger partial charge is 0.299 e. The number of hydrogen-bond acceptors (Lipinski definition) is 3.